The van der Waals surface area contributed by atoms with Crippen LogP contribution < -0.4 is 15.5 Å². The molecule has 2 aromatic rings. The smallest absolute Gasteiger partial charge is 0.247 e. The minimum atomic E-state index is -0.864. The zero-order valence-corrected chi connectivity index (χ0v) is 21.2. The summed E-state index contributed by atoms with van der Waals surface area (Å²) in [4.78, 5) is 33.4. The van der Waals surface area contributed by atoms with Crippen molar-refractivity contribution in [3.63, 3.8) is 0 Å². The number of nitrogens with zero attached hydrogens (tertiary/aromatic N) is 2. The van der Waals surface area contributed by atoms with Crippen LogP contribution in [0.1, 0.15) is 64.6 Å². The molecule has 1 aliphatic rings. The highest BCUT2D eigenvalue weighted by Gasteiger charge is 2.37. The maximum Gasteiger partial charge on any atom is 0.247 e. The third kappa shape index (κ3) is 6.21. The van der Waals surface area contributed by atoms with Crippen molar-refractivity contribution in [1.29, 1.82) is 0 Å². The van der Waals surface area contributed by atoms with Crippen LogP contribution in [0.25, 0.3) is 0 Å². The fourth-order valence-corrected chi connectivity index (χ4v) is 4.01. The van der Waals surface area contributed by atoms with Crippen molar-refractivity contribution in [2.45, 2.75) is 70.6 Å². The molecule has 1 fully saturated rings. The predicted molar refractivity (Wildman–Crippen MR) is 135 cm³/mol. The fourth-order valence-electron chi connectivity index (χ4n) is 4.01. The van der Waals surface area contributed by atoms with Gasteiger partial charge in [0.15, 0.2) is 0 Å². The summed E-state index contributed by atoms with van der Waals surface area (Å²) in [5.74, 6) is -0.389. The van der Waals surface area contributed by atoms with Crippen molar-refractivity contribution in [3.8, 4) is 0 Å². The SMILES string of the molecule is COC(C)(C)CNC(=O)C(c1cccnc1)N(C(=O)[C@H]1CCCN1)c1ccc(C(C)(C)C)cc1. The molecule has 3 rings (SSSR count). The van der Waals surface area contributed by atoms with E-state index in [4.69, 9.17) is 4.74 Å². The van der Waals surface area contributed by atoms with Gasteiger partial charge in [0.25, 0.3) is 0 Å². The normalized spacial score (nSPS) is 17.3. The Bertz CT molecular complexity index is 962. The number of amides is 2. The zero-order chi connectivity index (χ0) is 24.9. The second-order valence-corrected chi connectivity index (χ2v) is 10.5. The molecule has 2 N–H and O–H groups in total. The molecule has 0 aliphatic carbocycles. The fraction of sp³-hybridized carbons (Fsp3) is 0.519. The number of anilines is 1. The molecule has 1 aromatic heterocycles. The molecule has 0 bridgehead atoms. The van der Waals surface area contributed by atoms with Gasteiger partial charge >= 0.3 is 0 Å². The van der Waals surface area contributed by atoms with Crippen LogP contribution in [0.4, 0.5) is 5.69 Å². The molecule has 1 unspecified atom stereocenters. The number of methoxy groups -OCH3 is 1. The Balaban J connectivity index is 2.05. The Kier molecular flexibility index (Phi) is 8.10. The first kappa shape index (κ1) is 25.8. The van der Waals surface area contributed by atoms with Crippen molar-refractivity contribution in [2.24, 2.45) is 0 Å². The summed E-state index contributed by atoms with van der Waals surface area (Å²) in [6.45, 7) is 11.4. The van der Waals surface area contributed by atoms with E-state index in [1.54, 1.807) is 30.5 Å². The van der Waals surface area contributed by atoms with Crippen LogP contribution in [0, 0.1) is 0 Å². The number of benzene rings is 1. The van der Waals surface area contributed by atoms with E-state index in [1.165, 1.54) is 0 Å². The number of hydrogen-bond donors (Lipinski definition) is 2. The minimum Gasteiger partial charge on any atom is -0.377 e. The Morgan fingerprint density at radius 2 is 1.88 bits per heavy atom. The van der Waals surface area contributed by atoms with Crippen molar-refractivity contribution < 1.29 is 14.3 Å². The molecule has 1 aromatic carbocycles. The monoisotopic (exact) mass is 466 g/mol. The summed E-state index contributed by atoms with van der Waals surface area (Å²) in [6, 6.07) is 10.4. The molecule has 2 heterocycles. The lowest BCUT2D eigenvalue weighted by molar-refractivity contribution is -0.128. The van der Waals surface area contributed by atoms with Crippen LogP contribution in [-0.2, 0) is 19.7 Å². The second-order valence-electron chi connectivity index (χ2n) is 10.5. The summed E-state index contributed by atoms with van der Waals surface area (Å²) in [5.41, 5.74) is 1.94. The molecule has 184 valence electrons. The van der Waals surface area contributed by atoms with E-state index in [2.05, 4.69) is 36.4 Å². The Labute approximate surface area is 203 Å². The van der Waals surface area contributed by atoms with Gasteiger partial charge in [0.05, 0.1) is 11.6 Å². The minimum absolute atomic E-state index is 0.0216. The van der Waals surface area contributed by atoms with E-state index < -0.39 is 11.6 Å². The predicted octanol–water partition coefficient (Wildman–Crippen LogP) is 3.75. The number of rotatable bonds is 8. The molecule has 34 heavy (non-hydrogen) atoms. The highest BCUT2D eigenvalue weighted by atomic mass is 16.5. The molecule has 1 aliphatic heterocycles. The summed E-state index contributed by atoms with van der Waals surface area (Å²) < 4.78 is 5.47. The van der Waals surface area contributed by atoms with Crippen LogP contribution in [0.2, 0.25) is 0 Å². The average Bonchev–Trinajstić information content (AvgIpc) is 3.36. The van der Waals surface area contributed by atoms with E-state index >= 15 is 0 Å². The molecule has 1 saturated heterocycles. The summed E-state index contributed by atoms with van der Waals surface area (Å²) in [5, 5.41) is 6.29. The lowest BCUT2D eigenvalue weighted by atomic mass is 9.87. The third-order valence-electron chi connectivity index (χ3n) is 6.35. The number of carbonyl (C=O) groups excluding carboxylic acids is 2. The maximum atomic E-state index is 13.8. The standard InChI is InChI=1S/C27H38N4O3/c1-26(2,3)20-11-13-21(14-12-20)31(25(33)22-10-8-16-29-22)23(19-9-7-15-28-17-19)24(32)30-18-27(4,5)34-6/h7,9,11-15,17,22-23,29H,8,10,16,18H2,1-6H3,(H,30,32)/t22-,23?/m1/s1. The van der Waals surface area contributed by atoms with Crippen LogP contribution in [0.3, 0.4) is 0 Å². The van der Waals surface area contributed by atoms with E-state index in [9.17, 15) is 9.59 Å². The van der Waals surface area contributed by atoms with Crippen molar-refractivity contribution in [1.82, 2.24) is 15.6 Å². The van der Waals surface area contributed by atoms with Gasteiger partial charge in [-0.05, 0) is 62.4 Å². The first-order valence-electron chi connectivity index (χ1n) is 11.9. The molecule has 2 amide bonds. The molecule has 2 atom stereocenters. The van der Waals surface area contributed by atoms with Gasteiger partial charge in [-0.15, -0.1) is 0 Å². The van der Waals surface area contributed by atoms with Crippen molar-refractivity contribution in [2.75, 3.05) is 25.1 Å². The van der Waals surface area contributed by atoms with Crippen molar-refractivity contribution >= 4 is 17.5 Å². The lowest BCUT2D eigenvalue weighted by Gasteiger charge is -2.34. The Morgan fingerprint density at radius 1 is 1.18 bits per heavy atom. The molecule has 0 saturated carbocycles. The molecular formula is C27H38N4O3. The van der Waals surface area contributed by atoms with Crippen LogP contribution in [-0.4, -0.2) is 48.6 Å². The van der Waals surface area contributed by atoms with Gasteiger partial charge in [-0.1, -0.05) is 39.0 Å². The van der Waals surface area contributed by atoms with Crippen LogP contribution in [0.15, 0.2) is 48.8 Å². The highest BCUT2D eigenvalue weighted by molar-refractivity contribution is 6.03. The van der Waals surface area contributed by atoms with E-state index in [1.807, 2.05) is 44.2 Å². The van der Waals surface area contributed by atoms with Gasteiger partial charge in [-0.2, -0.15) is 0 Å². The third-order valence-corrected chi connectivity index (χ3v) is 6.35. The first-order chi connectivity index (χ1) is 16.0. The lowest BCUT2D eigenvalue weighted by Crippen LogP contribution is -2.51. The topological polar surface area (TPSA) is 83.6 Å². The Morgan fingerprint density at radius 3 is 2.41 bits per heavy atom. The van der Waals surface area contributed by atoms with Gasteiger partial charge in [0, 0.05) is 37.3 Å². The van der Waals surface area contributed by atoms with E-state index in [0.29, 0.717) is 17.8 Å². The van der Waals surface area contributed by atoms with Gasteiger partial charge in [0.1, 0.15) is 6.04 Å². The Hall–Kier alpha value is -2.77. The molecule has 0 radical (unpaired) electrons. The average molecular weight is 467 g/mol. The quantitative estimate of drug-likeness (QED) is 0.619. The van der Waals surface area contributed by atoms with E-state index in [-0.39, 0.29) is 23.3 Å². The molecule has 7 nitrogen and oxygen atoms in total. The number of carbonyl (C=O) groups is 2. The number of aromatic nitrogens is 1. The van der Waals surface area contributed by atoms with Gasteiger partial charge in [-0.3, -0.25) is 19.5 Å². The summed E-state index contributed by atoms with van der Waals surface area (Å²) in [7, 11) is 1.61. The highest BCUT2D eigenvalue weighted by Crippen LogP contribution is 2.32. The second kappa shape index (κ2) is 10.7. The van der Waals surface area contributed by atoms with E-state index in [0.717, 1.165) is 24.9 Å². The van der Waals surface area contributed by atoms with Gasteiger partial charge in [0.2, 0.25) is 11.8 Å². The zero-order valence-electron chi connectivity index (χ0n) is 21.2. The molecule has 7 heteroatoms. The summed E-state index contributed by atoms with van der Waals surface area (Å²) >= 11 is 0. The number of nitrogens with one attached hydrogen (secondary N) is 2. The van der Waals surface area contributed by atoms with Crippen LogP contribution >= 0.6 is 0 Å². The van der Waals surface area contributed by atoms with Crippen molar-refractivity contribution in [3.05, 3.63) is 59.9 Å². The maximum absolute atomic E-state index is 13.8. The summed E-state index contributed by atoms with van der Waals surface area (Å²) in [6.07, 6.45) is 4.99. The van der Waals surface area contributed by atoms with Gasteiger partial charge < -0.3 is 15.4 Å². The largest absolute Gasteiger partial charge is 0.377 e. The number of hydrogen-bond acceptors (Lipinski definition) is 5. The molecule has 0 spiro atoms. The van der Waals surface area contributed by atoms with Crippen LogP contribution in [0.5, 0.6) is 0 Å². The molecular weight excluding hydrogens is 428 g/mol. The first-order valence-corrected chi connectivity index (χ1v) is 11.9. The van der Waals surface area contributed by atoms with Gasteiger partial charge in [-0.25, -0.2) is 0 Å². The number of pyridine rings is 1. The number of ether oxygens (including phenoxy) is 1.